The van der Waals surface area contributed by atoms with Gasteiger partial charge in [0.05, 0.1) is 0 Å². The van der Waals surface area contributed by atoms with Crippen LogP contribution in [0.1, 0.15) is 5.56 Å². The van der Waals surface area contributed by atoms with Crippen LogP contribution in [0.5, 0.6) is 0 Å². The third-order valence-electron chi connectivity index (χ3n) is 2.43. The summed E-state index contributed by atoms with van der Waals surface area (Å²) in [6.07, 6.45) is 3.82. The topological polar surface area (TPSA) is 20.1 Å². The van der Waals surface area contributed by atoms with Crippen molar-refractivity contribution in [3.63, 3.8) is 0 Å². The van der Waals surface area contributed by atoms with Crippen molar-refractivity contribution in [2.75, 3.05) is 6.54 Å². The number of hydrogen-bond donors (Lipinski definition) is 0. The summed E-state index contributed by atoms with van der Waals surface area (Å²) in [6.45, 7) is 0.360. The van der Waals surface area contributed by atoms with Crippen molar-refractivity contribution in [1.29, 1.82) is 0 Å². The van der Waals surface area contributed by atoms with Gasteiger partial charge in [-0.1, -0.05) is 54.6 Å². The van der Waals surface area contributed by atoms with Crippen LogP contribution in [0.25, 0.3) is 6.08 Å². The van der Waals surface area contributed by atoms with Gasteiger partial charge in [0.25, 0.3) is 5.69 Å². The molecule has 0 bridgehead atoms. The highest BCUT2D eigenvalue weighted by atomic mass is 16.3. The first-order valence-electron chi connectivity index (χ1n) is 5.57. The highest BCUT2D eigenvalue weighted by Crippen LogP contribution is 2.09. The van der Waals surface area contributed by atoms with Gasteiger partial charge in [0.2, 0.25) is 6.54 Å². The van der Waals surface area contributed by atoms with Crippen molar-refractivity contribution in [1.82, 2.24) is 0 Å². The maximum absolute atomic E-state index is 11.7. The van der Waals surface area contributed by atoms with E-state index in [1.54, 1.807) is 0 Å². The largest absolute Gasteiger partial charge is 0.256 e. The van der Waals surface area contributed by atoms with E-state index >= 15 is 0 Å². The van der Waals surface area contributed by atoms with Crippen LogP contribution in [-0.4, -0.2) is 11.3 Å². The molecule has 0 N–H and O–H groups in total. The third-order valence-corrected chi connectivity index (χ3v) is 2.43. The predicted molar refractivity (Wildman–Crippen MR) is 70.1 cm³/mol. The minimum absolute atomic E-state index is 0.360. The molecule has 0 radical (unpaired) electrons. The molecule has 0 fully saturated rings. The Morgan fingerprint density at radius 1 is 0.882 bits per heavy atom. The fourth-order valence-electron chi connectivity index (χ4n) is 1.55. The number of nitroso groups, excluding NO2 is 1. The van der Waals surface area contributed by atoms with E-state index in [2.05, 4.69) is 0 Å². The van der Waals surface area contributed by atoms with Crippen LogP contribution in [0.15, 0.2) is 66.7 Å². The van der Waals surface area contributed by atoms with E-state index in [0.29, 0.717) is 12.2 Å². The molecule has 0 aliphatic rings. The Labute approximate surface area is 101 Å². The van der Waals surface area contributed by atoms with Crippen LogP contribution in [0.4, 0.5) is 5.69 Å². The van der Waals surface area contributed by atoms with Gasteiger partial charge in [0.1, 0.15) is 0 Å². The van der Waals surface area contributed by atoms with E-state index in [1.807, 2.05) is 72.8 Å². The second-order valence-electron chi connectivity index (χ2n) is 3.71. The lowest BCUT2D eigenvalue weighted by Crippen LogP contribution is -1.99. The smallest absolute Gasteiger partial charge is 0.0622 e. The molecule has 0 saturated carbocycles. The van der Waals surface area contributed by atoms with E-state index in [-0.39, 0.29) is 0 Å². The van der Waals surface area contributed by atoms with Gasteiger partial charge in [0.15, 0.2) is 0 Å². The molecule has 0 spiro atoms. The Morgan fingerprint density at radius 3 is 2.12 bits per heavy atom. The molecule has 2 nitrogen and oxygen atoms in total. The molecule has 0 unspecified atom stereocenters. The molecule has 0 heterocycles. The molecule has 2 heteroatoms. The lowest BCUT2D eigenvalue weighted by molar-refractivity contribution is -0.451. The molecular weight excluding hydrogens is 210 g/mol. The second-order valence-corrected chi connectivity index (χ2v) is 3.71. The van der Waals surface area contributed by atoms with E-state index in [9.17, 15) is 4.91 Å². The molecule has 84 valence electrons. The molecule has 2 rings (SSSR count). The standard InChI is InChI=1S/C15H14NO/c17-16(15-11-5-2-6-12-15)13-7-10-14-8-3-1-4-9-14/h1-12H,13H2/q+1/b10-7+. The average Bonchev–Trinajstić information content (AvgIpc) is 2.41. The van der Waals surface area contributed by atoms with Gasteiger partial charge >= 0.3 is 0 Å². The zero-order valence-corrected chi connectivity index (χ0v) is 9.49. The second kappa shape index (κ2) is 5.75. The molecule has 2 aromatic rings. The van der Waals surface area contributed by atoms with Crippen molar-refractivity contribution in [3.8, 4) is 0 Å². The van der Waals surface area contributed by atoms with Gasteiger partial charge in [-0.05, 0) is 11.6 Å². The Bertz CT molecular complexity index is 503. The number of rotatable bonds is 4. The van der Waals surface area contributed by atoms with E-state index in [0.717, 1.165) is 10.3 Å². The van der Waals surface area contributed by atoms with Crippen LogP contribution in [0, 0.1) is 4.91 Å². The fraction of sp³-hybridized carbons (Fsp3) is 0.0667. The molecule has 0 amide bonds. The Balaban J connectivity index is 1.95. The van der Waals surface area contributed by atoms with E-state index in [1.165, 1.54) is 0 Å². The van der Waals surface area contributed by atoms with Crippen LogP contribution < -0.4 is 0 Å². The van der Waals surface area contributed by atoms with Crippen molar-refractivity contribution in [3.05, 3.63) is 77.2 Å². The number of nitrogens with zero attached hydrogens (tertiary/aromatic N) is 1. The first-order valence-corrected chi connectivity index (χ1v) is 5.57. The molecule has 0 saturated heterocycles. The number of hydrogen-bond acceptors (Lipinski definition) is 1. The molecule has 2 aromatic carbocycles. The van der Waals surface area contributed by atoms with Crippen molar-refractivity contribution >= 4 is 11.8 Å². The maximum atomic E-state index is 11.7. The molecule has 0 aromatic heterocycles. The summed E-state index contributed by atoms with van der Waals surface area (Å²) in [6, 6.07) is 19.2. The lowest BCUT2D eigenvalue weighted by atomic mass is 10.2. The van der Waals surface area contributed by atoms with Crippen LogP contribution in [0.2, 0.25) is 0 Å². The molecular formula is C15H14NO+. The quantitative estimate of drug-likeness (QED) is 0.723. The summed E-state index contributed by atoms with van der Waals surface area (Å²) in [7, 11) is 0. The van der Waals surface area contributed by atoms with E-state index in [4.69, 9.17) is 0 Å². The van der Waals surface area contributed by atoms with Gasteiger partial charge in [-0.15, -0.1) is 0 Å². The minimum Gasteiger partial charge on any atom is -0.0622 e. The van der Waals surface area contributed by atoms with E-state index < -0.39 is 0 Å². The molecule has 0 aliphatic carbocycles. The summed E-state index contributed by atoms with van der Waals surface area (Å²) < 4.78 is 0.972. The highest BCUT2D eigenvalue weighted by Gasteiger charge is 2.08. The van der Waals surface area contributed by atoms with Crippen LogP contribution in [0.3, 0.4) is 0 Å². The molecule has 0 atom stereocenters. The molecule has 0 aliphatic heterocycles. The zero-order valence-electron chi connectivity index (χ0n) is 9.49. The summed E-state index contributed by atoms with van der Waals surface area (Å²) in [4.78, 5) is 11.7. The molecule has 17 heavy (non-hydrogen) atoms. The van der Waals surface area contributed by atoms with Gasteiger partial charge in [-0.3, -0.25) is 0 Å². The van der Waals surface area contributed by atoms with Crippen LogP contribution in [-0.2, 0) is 0 Å². The predicted octanol–water partition coefficient (Wildman–Crippen LogP) is 3.81. The number of benzene rings is 2. The minimum atomic E-state index is 0.360. The Kier molecular flexibility index (Phi) is 3.81. The first-order chi connectivity index (χ1) is 8.36. The van der Waals surface area contributed by atoms with Crippen molar-refractivity contribution < 1.29 is 4.76 Å². The van der Waals surface area contributed by atoms with Crippen molar-refractivity contribution in [2.45, 2.75) is 0 Å². The van der Waals surface area contributed by atoms with Gasteiger partial charge in [-0.2, -0.15) is 0 Å². The monoisotopic (exact) mass is 224 g/mol. The Morgan fingerprint density at radius 2 is 1.47 bits per heavy atom. The average molecular weight is 224 g/mol. The first kappa shape index (κ1) is 11.3. The lowest BCUT2D eigenvalue weighted by Gasteiger charge is -1.90. The van der Waals surface area contributed by atoms with Crippen molar-refractivity contribution in [2.24, 2.45) is 0 Å². The Hall–Kier alpha value is -2.22. The summed E-state index contributed by atoms with van der Waals surface area (Å²) >= 11 is 0. The summed E-state index contributed by atoms with van der Waals surface area (Å²) in [5, 5.41) is 0. The summed E-state index contributed by atoms with van der Waals surface area (Å²) in [5.74, 6) is 0. The third kappa shape index (κ3) is 3.38. The maximum Gasteiger partial charge on any atom is 0.256 e. The van der Waals surface area contributed by atoms with Gasteiger partial charge in [-0.25, -0.2) is 0 Å². The number of para-hydroxylation sites is 1. The SMILES string of the molecule is O=[N+](C/C=C/c1ccccc1)c1ccccc1. The van der Waals surface area contributed by atoms with Gasteiger partial charge in [0, 0.05) is 21.8 Å². The normalized spacial score (nSPS) is 10.6. The fourth-order valence-corrected chi connectivity index (χ4v) is 1.55. The van der Waals surface area contributed by atoms with Gasteiger partial charge < -0.3 is 0 Å². The highest BCUT2D eigenvalue weighted by molar-refractivity contribution is 5.48. The van der Waals surface area contributed by atoms with Crippen LogP contribution >= 0.6 is 0 Å². The summed E-state index contributed by atoms with van der Waals surface area (Å²) in [5.41, 5.74) is 1.79. The zero-order chi connectivity index (χ0) is 11.9.